The van der Waals surface area contributed by atoms with Gasteiger partial charge in [-0.3, -0.25) is 9.59 Å². The molecule has 1 aliphatic rings. The van der Waals surface area contributed by atoms with E-state index in [2.05, 4.69) is 4.99 Å². The molecule has 1 saturated heterocycles. The first-order chi connectivity index (χ1) is 13.5. The number of amides is 2. The van der Waals surface area contributed by atoms with Crippen molar-refractivity contribution < 1.29 is 9.59 Å². The number of benzene rings is 2. The van der Waals surface area contributed by atoms with Crippen LogP contribution in [-0.4, -0.2) is 34.4 Å². The highest BCUT2D eigenvalue weighted by molar-refractivity contribution is 7.16. The predicted molar refractivity (Wildman–Crippen MR) is 111 cm³/mol. The molecule has 1 fully saturated rings. The van der Waals surface area contributed by atoms with E-state index in [1.54, 1.807) is 0 Å². The third-order valence-electron chi connectivity index (χ3n) is 5.43. The summed E-state index contributed by atoms with van der Waals surface area (Å²) in [5.74, 6) is -0.145. The molecule has 2 aromatic carbocycles. The number of piperidine rings is 1. The molecule has 5 nitrogen and oxygen atoms in total. The van der Waals surface area contributed by atoms with Crippen LogP contribution in [0, 0.1) is 12.8 Å². The summed E-state index contributed by atoms with van der Waals surface area (Å²) in [5, 5.41) is 0. The number of fused-ring (bicyclic) bond motifs is 1. The highest BCUT2D eigenvalue weighted by Gasteiger charge is 2.28. The van der Waals surface area contributed by atoms with Crippen LogP contribution in [0.5, 0.6) is 0 Å². The SMILES string of the molecule is Cc1ccccc1C(=O)N1CCC(C(=O)N=c2sc3ccccc3n2C)CC1. The van der Waals surface area contributed by atoms with Gasteiger partial charge in [-0.2, -0.15) is 4.99 Å². The second-order valence-electron chi connectivity index (χ2n) is 7.24. The molecule has 6 heteroatoms. The van der Waals surface area contributed by atoms with Crippen LogP contribution in [0.25, 0.3) is 10.2 Å². The maximum absolute atomic E-state index is 12.7. The van der Waals surface area contributed by atoms with Gasteiger partial charge in [0.05, 0.1) is 10.2 Å². The number of carbonyl (C=O) groups excluding carboxylic acids is 2. The van der Waals surface area contributed by atoms with Crippen LogP contribution < -0.4 is 4.80 Å². The van der Waals surface area contributed by atoms with Gasteiger partial charge in [0, 0.05) is 31.6 Å². The molecule has 28 heavy (non-hydrogen) atoms. The fourth-order valence-electron chi connectivity index (χ4n) is 3.69. The van der Waals surface area contributed by atoms with Crippen molar-refractivity contribution in [3.63, 3.8) is 0 Å². The molecule has 3 aromatic rings. The Bertz CT molecular complexity index is 1100. The van der Waals surface area contributed by atoms with Crippen molar-refractivity contribution in [3.8, 4) is 0 Å². The van der Waals surface area contributed by atoms with E-state index in [1.165, 1.54) is 11.3 Å². The maximum Gasteiger partial charge on any atom is 0.254 e. The summed E-state index contributed by atoms with van der Waals surface area (Å²) >= 11 is 1.53. The quantitative estimate of drug-likeness (QED) is 0.669. The monoisotopic (exact) mass is 393 g/mol. The third-order valence-corrected chi connectivity index (χ3v) is 6.54. The van der Waals surface area contributed by atoms with Crippen LogP contribution in [0.4, 0.5) is 0 Å². The van der Waals surface area contributed by atoms with Gasteiger partial charge in [0.2, 0.25) is 0 Å². The van der Waals surface area contributed by atoms with Crippen molar-refractivity contribution >= 4 is 33.4 Å². The topological polar surface area (TPSA) is 54.7 Å². The number of hydrogen-bond acceptors (Lipinski definition) is 3. The lowest BCUT2D eigenvalue weighted by Crippen LogP contribution is -2.40. The van der Waals surface area contributed by atoms with E-state index in [4.69, 9.17) is 0 Å². The van der Waals surface area contributed by atoms with Gasteiger partial charge in [0.15, 0.2) is 4.80 Å². The molecule has 0 aliphatic carbocycles. The Kier molecular flexibility index (Phi) is 5.13. The Balaban J connectivity index is 1.46. The van der Waals surface area contributed by atoms with Gasteiger partial charge in [-0.15, -0.1) is 0 Å². The first kappa shape index (κ1) is 18.6. The van der Waals surface area contributed by atoms with E-state index in [0.717, 1.165) is 26.1 Å². The maximum atomic E-state index is 12.7. The number of hydrogen-bond donors (Lipinski definition) is 0. The Hall–Kier alpha value is -2.73. The van der Waals surface area contributed by atoms with Gasteiger partial charge < -0.3 is 9.47 Å². The highest BCUT2D eigenvalue weighted by atomic mass is 32.1. The Morgan fingerprint density at radius 2 is 1.71 bits per heavy atom. The van der Waals surface area contributed by atoms with Crippen molar-refractivity contribution in [1.29, 1.82) is 0 Å². The highest BCUT2D eigenvalue weighted by Crippen LogP contribution is 2.22. The summed E-state index contributed by atoms with van der Waals surface area (Å²) in [5.41, 5.74) is 2.81. The molecule has 2 amide bonds. The summed E-state index contributed by atoms with van der Waals surface area (Å²) in [7, 11) is 1.94. The number of para-hydroxylation sites is 1. The van der Waals surface area contributed by atoms with E-state index in [0.29, 0.717) is 25.9 Å². The van der Waals surface area contributed by atoms with Crippen LogP contribution in [0.3, 0.4) is 0 Å². The van der Waals surface area contributed by atoms with E-state index < -0.39 is 0 Å². The van der Waals surface area contributed by atoms with Crippen molar-refractivity contribution in [3.05, 3.63) is 64.5 Å². The molecule has 1 aromatic heterocycles. The third kappa shape index (κ3) is 3.52. The van der Waals surface area contributed by atoms with Gasteiger partial charge in [-0.1, -0.05) is 41.7 Å². The van der Waals surface area contributed by atoms with E-state index in [1.807, 2.05) is 72.0 Å². The number of nitrogens with zero attached hydrogens (tertiary/aromatic N) is 3. The molecule has 0 saturated carbocycles. The van der Waals surface area contributed by atoms with Crippen molar-refractivity contribution in [2.45, 2.75) is 19.8 Å². The van der Waals surface area contributed by atoms with Crippen LogP contribution in [-0.2, 0) is 11.8 Å². The van der Waals surface area contributed by atoms with E-state index >= 15 is 0 Å². The van der Waals surface area contributed by atoms with Gasteiger partial charge in [-0.05, 0) is 43.5 Å². The van der Waals surface area contributed by atoms with Crippen LogP contribution >= 0.6 is 11.3 Å². The largest absolute Gasteiger partial charge is 0.339 e. The van der Waals surface area contributed by atoms with Crippen molar-refractivity contribution in [2.24, 2.45) is 18.0 Å². The van der Waals surface area contributed by atoms with E-state index in [9.17, 15) is 9.59 Å². The zero-order valence-corrected chi connectivity index (χ0v) is 16.9. The van der Waals surface area contributed by atoms with Crippen LogP contribution in [0.2, 0.25) is 0 Å². The minimum absolute atomic E-state index is 0.0526. The summed E-state index contributed by atoms with van der Waals surface area (Å²) in [6.07, 6.45) is 1.32. The Morgan fingerprint density at radius 1 is 1.04 bits per heavy atom. The first-order valence-electron chi connectivity index (χ1n) is 9.52. The van der Waals surface area contributed by atoms with E-state index in [-0.39, 0.29) is 17.7 Å². The van der Waals surface area contributed by atoms with Gasteiger partial charge in [0.1, 0.15) is 0 Å². The van der Waals surface area contributed by atoms with Gasteiger partial charge in [0.25, 0.3) is 11.8 Å². The molecule has 144 valence electrons. The molecule has 4 rings (SSSR count). The number of aryl methyl sites for hydroxylation is 2. The Labute approximate surface area is 167 Å². The summed E-state index contributed by atoms with van der Waals surface area (Å²) < 4.78 is 3.09. The van der Waals surface area contributed by atoms with Crippen LogP contribution in [0.15, 0.2) is 53.5 Å². The molecular weight excluding hydrogens is 370 g/mol. The lowest BCUT2D eigenvalue weighted by atomic mass is 9.95. The number of carbonyl (C=O) groups is 2. The smallest absolute Gasteiger partial charge is 0.254 e. The molecule has 2 heterocycles. The molecule has 0 radical (unpaired) electrons. The zero-order valence-electron chi connectivity index (χ0n) is 16.1. The number of rotatable bonds is 2. The lowest BCUT2D eigenvalue weighted by Gasteiger charge is -2.30. The molecule has 0 N–H and O–H groups in total. The molecule has 0 spiro atoms. The zero-order chi connectivity index (χ0) is 19.7. The molecule has 0 bridgehead atoms. The predicted octanol–water partition coefficient (Wildman–Crippen LogP) is 3.53. The number of likely N-dealkylation sites (tertiary alicyclic amines) is 1. The normalized spacial score (nSPS) is 15.9. The lowest BCUT2D eigenvalue weighted by molar-refractivity contribution is -0.123. The summed E-state index contributed by atoms with van der Waals surface area (Å²) in [4.78, 5) is 32.4. The van der Waals surface area contributed by atoms with Gasteiger partial charge in [-0.25, -0.2) is 0 Å². The second kappa shape index (κ2) is 7.72. The van der Waals surface area contributed by atoms with Crippen molar-refractivity contribution in [2.75, 3.05) is 13.1 Å². The van der Waals surface area contributed by atoms with Crippen LogP contribution in [0.1, 0.15) is 28.8 Å². The molecular formula is C22H23N3O2S. The first-order valence-corrected chi connectivity index (χ1v) is 10.3. The Morgan fingerprint density at radius 3 is 2.43 bits per heavy atom. The average Bonchev–Trinajstić information content (AvgIpc) is 3.03. The standard InChI is InChI=1S/C22H23N3O2S/c1-15-7-3-4-8-17(15)21(27)25-13-11-16(12-14-25)20(26)23-22-24(2)18-9-5-6-10-19(18)28-22/h3-10,16H,11-14H2,1-2H3. The molecule has 0 atom stereocenters. The second-order valence-corrected chi connectivity index (χ2v) is 8.25. The van der Waals surface area contributed by atoms with Gasteiger partial charge >= 0.3 is 0 Å². The fraction of sp³-hybridized carbons (Fsp3) is 0.318. The minimum Gasteiger partial charge on any atom is -0.339 e. The molecule has 0 unspecified atom stereocenters. The summed E-state index contributed by atoms with van der Waals surface area (Å²) in [6.45, 7) is 3.14. The minimum atomic E-state index is -0.119. The number of aromatic nitrogens is 1. The average molecular weight is 394 g/mol. The van der Waals surface area contributed by atoms with Crippen molar-refractivity contribution in [1.82, 2.24) is 9.47 Å². The summed E-state index contributed by atoms with van der Waals surface area (Å²) in [6, 6.07) is 15.7. The fourth-order valence-corrected chi connectivity index (χ4v) is 4.71. The molecule has 1 aliphatic heterocycles. The number of thiazole rings is 1.